The van der Waals surface area contributed by atoms with E-state index in [1.165, 1.54) is 42.0 Å². The van der Waals surface area contributed by atoms with Gasteiger partial charge < -0.3 is 25.2 Å². The number of thioether (sulfide) groups is 1. The molecule has 35 heavy (non-hydrogen) atoms. The summed E-state index contributed by atoms with van der Waals surface area (Å²) in [6.07, 6.45) is 0. The molecule has 2 aromatic rings. The Bertz CT molecular complexity index is 1290. The van der Waals surface area contributed by atoms with Crippen molar-refractivity contribution in [3.63, 3.8) is 0 Å². The predicted molar refractivity (Wildman–Crippen MR) is 132 cm³/mol. The number of phenols is 1. The number of phenolic OH excluding ortho intramolecular Hbond substituents is 1. The molecule has 1 aliphatic heterocycles. The molecule has 0 fully saturated rings. The summed E-state index contributed by atoms with van der Waals surface area (Å²) in [5, 5.41) is 23.6. The Kier molecular flexibility index (Phi) is 7.29. The average molecular weight is 561 g/mol. The molecule has 1 aliphatic carbocycles. The maximum Gasteiger partial charge on any atom is 0.337 e. The van der Waals surface area contributed by atoms with Crippen LogP contribution < -0.4 is 5.32 Å². The van der Waals surface area contributed by atoms with Gasteiger partial charge in [-0.2, -0.15) is 0 Å². The summed E-state index contributed by atoms with van der Waals surface area (Å²) in [6, 6.07) is 7.68. The predicted octanol–water partition coefficient (Wildman–Crippen LogP) is 2.33. The topological polar surface area (TPSA) is 133 Å². The molecular weight excluding hydrogens is 540 g/mol. The summed E-state index contributed by atoms with van der Waals surface area (Å²) in [5.74, 6) is -2.11. The summed E-state index contributed by atoms with van der Waals surface area (Å²) in [5.41, 5.74) is 0.169. The van der Waals surface area contributed by atoms with Crippen molar-refractivity contribution in [3.8, 4) is 5.75 Å². The van der Waals surface area contributed by atoms with Crippen LogP contribution in [0.1, 0.15) is 31.8 Å². The summed E-state index contributed by atoms with van der Waals surface area (Å²) >= 11 is 4.64. The molecule has 2 aromatic carbocycles. The minimum Gasteiger partial charge on any atom is -0.507 e. The van der Waals surface area contributed by atoms with E-state index in [1.54, 1.807) is 12.1 Å². The summed E-state index contributed by atoms with van der Waals surface area (Å²) in [7, 11) is 1.19. The zero-order valence-electron chi connectivity index (χ0n) is 18.6. The Morgan fingerprint density at radius 1 is 1.17 bits per heavy atom. The fraction of sp³-hybridized carbons (Fsp3) is 0.250. The van der Waals surface area contributed by atoms with Crippen LogP contribution in [0.3, 0.4) is 0 Å². The van der Waals surface area contributed by atoms with Crippen molar-refractivity contribution in [2.24, 2.45) is 0 Å². The van der Waals surface area contributed by atoms with E-state index in [0.717, 1.165) is 0 Å². The SMILES string of the molecule is COC(=O)C1=C(Nc2c(SCCBr)cc(O)c3c2C(=O)c2ccccc2C3=O)C(=O)N(CCO)C1. The standard InChI is InChI=1S/C24H21BrN2O7S/c1-34-24(33)14-11-27(7-8-28)23(32)19(14)26-20-16(35-9-6-25)10-15(29)17-18(20)22(31)13-5-3-2-4-12(13)21(17)30/h2-5,10,26,28-29H,6-9,11H2,1H3. The molecule has 0 bridgehead atoms. The van der Waals surface area contributed by atoms with Gasteiger partial charge in [0.2, 0.25) is 0 Å². The van der Waals surface area contributed by atoms with E-state index in [2.05, 4.69) is 21.2 Å². The van der Waals surface area contributed by atoms with Gasteiger partial charge in [-0.05, 0) is 6.07 Å². The summed E-state index contributed by atoms with van der Waals surface area (Å²) in [6.45, 7) is -0.402. The number of benzene rings is 2. The number of alkyl halides is 1. The maximum atomic E-state index is 13.6. The van der Waals surface area contributed by atoms with E-state index >= 15 is 0 Å². The van der Waals surface area contributed by atoms with E-state index in [-0.39, 0.29) is 64.7 Å². The normalized spacial score (nSPS) is 14.8. The van der Waals surface area contributed by atoms with Crippen LogP contribution >= 0.6 is 27.7 Å². The highest BCUT2D eigenvalue weighted by Crippen LogP contribution is 2.44. The number of nitrogens with one attached hydrogen (secondary N) is 1. The molecule has 182 valence electrons. The third kappa shape index (κ3) is 4.35. The fourth-order valence-electron chi connectivity index (χ4n) is 4.11. The number of ether oxygens (including phenoxy) is 1. The van der Waals surface area contributed by atoms with E-state index in [0.29, 0.717) is 16.0 Å². The van der Waals surface area contributed by atoms with E-state index in [1.807, 2.05) is 0 Å². The number of methoxy groups -OCH3 is 1. The highest BCUT2D eigenvalue weighted by atomic mass is 79.9. The van der Waals surface area contributed by atoms with Crippen LogP contribution in [0.15, 0.2) is 46.5 Å². The Labute approximate surface area is 213 Å². The first-order valence-electron chi connectivity index (χ1n) is 10.6. The first-order chi connectivity index (χ1) is 16.8. The molecule has 2 aliphatic rings. The molecule has 0 spiro atoms. The number of aliphatic hydroxyl groups excluding tert-OH is 1. The second kappa shape index (κ2) is 10.2. The number of ketones is 2. The van der Waals surface area contributed by atoms with E-state index < -0.39 is 23.4 Å². The molecule has 0 aromatic heterocycles. The number of carbonyl (C=O) groups is 4. The molecule has 4 rings (SSSR count). The molecule has 3 N–H and O–H groups in total. The van der Waals surface area contributed by atoms with Gasteiger partial charge >= 0.3 is 5.97 Å². The number of fused-ring (bicyclic) bond motifs is 2. The van der Waals surface area contributed by atoms with Crippen molar-refractivity contribution in [1.29, 1.82) is 0 Å². The van der Waals surface area contributed by atoms with Gasteiger partial charge in [0.25, 0.3) is 5.91 Å². The largest absolute Gasteiger partial charge is 0.507 e. The Hall–Kier alpha value is -3.15. The molecule has 0 unspecified atom stereocenters. The molecule has 0 saturated carbocycles. The highest BCUT2D eigenvalue weighted by molar-refractivity contribution is 9.09. The summed E-state index contributed by atoms with van der Waals surface area (Å²) in [4.78, 5) is 54.1. The third-order valence-corrected chi connectivity index (χ3v) is 7.64. The average Bonchev–Trinajstić information content (AvgIpc) is 3.16. The van der Waals surface area contributed by atoms with E-state index in [9.17, 15) is 29.4 Å². The van der Waals surface area contributed by atoms with Crippen molar-refractivity contribution < 1.29 is 34.1 Å². The smallest absolute Gasteiger partial charge is 0.337 e. The number of hydrogen-bond donors (Lipinski definition) is 3. The maximum absolute atomic E-state index is 13.6. The number of halogens is 1. The van der Waals surface area contributed by atoms with Crippen LogP contribution in [-0.2, 0) is 14.3 Å². The van der Waals surface area contributed by atoms with Crippen molar-refractivity contribution in [2.75, 3.05) is 43.2 Å². The lowest BCUT2D eigenvalue weighted by Crippen LogP contribution is -2.31. The Balaban J connectivity index is 1.93. The zero-order chi connectivity index (χ0) is 25.3. The molecule has 11 heteroatoms. The van der Waals surface area contributed by atoms with Crippen molar-refractivity contribution in [2.45, 2.75) is 4.90 Å². The number of rotatable bonds is 8. The molecule has 9 nitrogen and oxygen atoms in total. The number of aliphatic hydroxyl groups is 1. The van der Waals surface area contributed by atoms with Gasteiger partial charge in [-0.25, -0.2) is 4.79 Å². The molecule has 1 amide bonds. The number of nitrogens with zero attached hydrogens (tertiary/aromatic N) is 1. The number of aromatic hydroxyl groups is 1. The van der Waals surface area contributed by atoms with Crippen LogP contribution in [-0.4, -0.2) is 76.4 Å². The van der Waals surface area contributed by atoms with Crippen molar-refractivity contribution in [3.05, 3.63) is 63.9 Å². The Morgan fingerprint density at radius 3 is 2.43 bits per heavy atom. The lowest BCUT2D eigenvalue weighted by Gasteiger charge is -2.24. The van der Waals surface area contributed by atoms with Crippen molar-refractivity contribution >= 4 is 56.8 Å². The second-order valence-corrected chi connectivity index (χ2v) is 9.61. The van der Waals surface area contributed by atoms with E-state index in [4.69, 9.17) is 4.74 Å². The molecular formula is C24H21BrN2O7S. The molecule has 0 atom stereocenters. The van der Waals surface area contributed by atoms with Gasteiger partial charge in [0.15, 0.2) is 11.6 Å². The van der Waals surface area contributed by atoms with Crippen LogP contribution in [0, 0.1) is 0 Å². The zero-order valence-corrected chi connectivity index (χ0v) is 21.0. The van der Waals surface area contributed by atoms with Crippen molar-refractivity contribution in [1.82, 2.24) is 4.90 Å². The lowest BCUT2D eigenvalue weighted by atomic mass is 9.82. The number of amides is 1. The van der Waals surface area contributed by atoms with Gasteiger partial charge in [0.05, 0.1) is 42.6 Å². The van der Waals surface area contributed by atoms with Gasteiger partial charge in [-0.15, -0.1) is 11.8 Å². The minimum atomic E-state index is -0.739. The van der Waals surface area contributed by atoms with Crippen LogP contribution in [0.25, 0.3) is 0 Å². The first-order valence-corrected chi connectivity index (χ1v) is 12.7. The van der Waals surface area contributed by atoms with Crippen LogP contribution in [0.5, 0.6) is 5.75 Å². The molecule has 0 radical (unpaired) electrons. The number of hydrogen-bond acceptors (Lipinski definition) is 9. The van der Waals surface area contributed by atoms with Gasteiger partial charge in [-0.1, -0.05) is 40.2 Å². The fourth-order valence-corrected chi connectivity index (χ4v) is 5.39. The first kappa shape index (κ1) is 25.0. The molecule has 1 heterocycles. The monoisotopic (exact) mass is 560 g/mol. The van der Waals surface area contributed by atoms with Gasteiger partial charge in [0.1, 0.15) is 11.4 Å². The summed E-state index contributed by atoms with van der Waals surface area (Å²) < 4.78 is 4.84. The van der Waals surface area contributed by atoms with Gasteiger partial charge in [0, 0.05) is 33.7 Å². The lowest BCUT2D eigenvalue weighted by molar-refractivity contribution is -0.136. The number of anilines is 1. The molecule has 0 saturated heterocycles. The number of carbonyl (C=O) groups excluding carboxylic acids is 4. The second-order valence-electron chi connectivity index (χ2n) is 7.68. The van der Waals surface area contributed by atoms with Gasteiger partial charge in [-0.3, -0.25) is 14.4 Å². The number of esters is 1. The minimum absolute atomic E-state index is 0.00578. The quantitative estimate of drug-likeness (QED) is 0.164. The number of β-amino-alcohol motifs (C(OH)–C–C–N with tert-alkyl or cyclic N) is 1. The van der Waals surface area contributed by atoms with Crippen LogP contribution in [0.4, 0.5) is 5.69 Å². The third-order valence-electron chi connectivity index (χ3n) is 5.68. The van der Waals surface area contributed by atoms with Crippen LogP contribution in [0.2, 0.25) is 0 Å². The Morgan fingerprint density at radius 2 is 1.83 bits per heavy atom. The highest BCUT2D eigenvalue weighted by Gasteiger charge is 2.39.